The van der Waals surface area contributed by atoms with Crippen LogP contribution in [0.5, 0.6) is 0 Å². The van der Waals surface area contributed by atoms with Crippen molar-refractivity contribution in [2.45, 2.75) is 6.54 Å². The lowest BCUT2D eigenvalue weighted by molar-refractivity contribution is 0.0780. The van der Waals surface area contributed by atoms with E-state index >= 15 is 0 Å². The van der Waals surface area contributed by atoms with Gasteiger partial charge in [0, 0.05) is 23.1 Å². The van der Waals surface area contributed by atoms with Crippen LogP contribution in [0.2, 0.25) is 5.02 Å². The summed E-state index contributed by atoms with van der Waals surface area (Å²) in [5.74, 6) is -0.103. The summed E-state index contributed by atoms with van der Waals surface area (Å²) in [5, 5.41) is 6.98. The molecule has 4 nitrogen and oxygen atoms in total. The molecule has 112 valence electrons. The van der Waals surface area contributed by atoms with E-state index in [0.29, 0.717) is 17.3 Å². The Labute approximate surface area is 137 Å². The van der Waals surface area contributed by atoms with Crippen molar-refractivity contribution in [3.8, 4) is 5.69 Å². The topological polar surface area (TPSA) is 38.1 Å². The minimum Gasteiger partial charge on any atom is -0.335 e. The first-order valence-corrected chi connectivity index (χ1v) is 7.99. The number of thiophene rings is 1. The van der Waals surface area contributed by atoms with E-state index < -0.39 is 0 Å². The summed E-state index contributed by atoms with van der Waals surface area (Å²) >= 11 is 7.61. The van der Waals surface area contributed by atoms with E-state index in [1.807, 2.05) is 29.6 Å². The van der Waals surface area contributed by atoms with Gasteiger partial charge in [0.25, 0.3) is 5.91 Å². The lowest BCUT2D eigenvalue weighted by Gasteiger charge is -2.14. The van der Waals surface area contributed by atoms with Crippen molar-refractivity contribution in [3.63, 3.8) is 0 Å². The first-order chi connectivity index (χ1) is 10.6. The van der Waals surface area contributed by atoms with E-state index in [4.69, 9.17) is 11.6 Å². The lowest BCUT2D eigenvalue weighted by Crippen LogP contribution is -2.26. The minimum absolute atomic E-state index is 0.103. The maximum Gasteiger partial charge on any atom is 0.274 e. The highest BCUT2D eigenvalue weighted by Crippen LogP contribution is 2.16. The fourth-order valence-corrected chi connectivity index (χ4v) is 3.05. The normalized spacial score (nSPS) is 10.6. The summed E-state index contributed by atoms with van der Waals surface area (Å²) in [6.45, 7) is 0.584. The molecule has 0 aliphatic carbocycles. The number of amides is 1. The van der Waals surface area contributed by atoms with Crippen molar-refractivity contribution in [3.05, 3.63) is 69.6 Å². The summed E-state index contributed by atoms with van der Waals surface area (Å²) in [4.78, 5) is 15.2. The van der Waals surface area contributed by atoms with Gasteiger partial charge in [-0.05, 0) is 35.7 Å². The molecule has 1 amide bonds. The van der Waals surface area contributed by atoms with E-state index in [2.05, 4.69) is 5.10 Å². The highest BCUT2D eigenvalue weighted by molar-refractivity contribution is 7.09. The summed E-state index contributed by atoms with van der Waals surface area (Å²) in [6.07, 6.45) is 1.76. The van der Waals surface area contributed by atoms with Crippen LogP contribution in [0.4, 0.5) is 0 Å². The maximum atomic E-state index is 12.4. The van der Waals surface area contributed by atoms with Crippen LogP contribution < -0.4 is 0 Å². The molecule has 0 saturated heterocycles. The van der Waals surface area contributed by atoms with Crippen LogP contribution in [0.15, 0.2) is 54.0 Å². The van der Waals surface area contributed by atoms with E-state index in [1.54, 1.807) is 52.4 Å². The van der Waals surface area contributed by atoms with Crippen LogP contribution in [0.25, 0.3) is 5.69 Å². The monoisotopic (exact) mass is 331 g/mol. The summed E-state index contributed by atoms with van der Waals surface area (Å²) in [5.41, 5.74) is 1.24. The highest BCUT2D eigenvalue weighted by Gasteiger charge is 2.15. The SMILES string of the molecule is CN(Cc1cccs1)C(=O)c1ccn(-c2cccc(Cl)c2)n1. The van der Waals surface area contributed by atoms with Crippen LogP contribution in [-0.4, -0.2) is 27.6 Å². The molecule has 22 heavy (non-hydrogen) atoms. The van der Waals surface area contributed by atoms with E-state index in [-0.39, 0.29) is 5.91 Å². The van der Waals surface area contributed by atoms with Crippen LogP contribution in [0.3, 0.4) is 0 Å². The molecule has 0 saturated carbocycles. The van der Waals surface area contributed by atoms with Gasteiger partial charge in [-0.2, -0.15) is 5.10 Å². The van der Waals surface area contributed by atoms with E-state index in [9.17, 15) is 4.79 Å². The van der Waals surface area contributed by atoms with Gasteiger partial charge in [0.15, 0.2) is 5.69 Å². The molecule has 2 aromatic heterocycles. The number of carbonyl (C=O) groups is 1. The molecule has 0 unspecified atom stereocenters. The zero-order valence-corrected chi connectivity index (χ0v) is 13.5. The molecule has 3 rings (SSSR count). The number of nitrogens with zero attached hydrogens (tertiary/aromatic N) is 3. The number of hydrogen-bond acceptors (Lipinski definition) is 3. The van der Waals surface area contributed by atoms with Gasteiger partial charge < -0.3 is 4.90 Å². The Kier molecular flexibility index (Phi) is 4.27. The van der Waals surface area contributed by atoms with E-state index in [0.717, 1.165) is 10.6 Å². The third-order valence-corrected chi connectivity index (χ3v) is 4.30. The number of carbonyl (C=O) groups excluding carboxylic acids is 1. The smallest absolute Gasteiger partial charge is 0.274 e. The Hall–Kier alpha value is -2.11. The first kappa shape index (κ1) is 14.8. The Morgan fingerprint density at radius 1 is 1.32 bits per heavy atom. The predicted molar refractivity (Wildman–Crippen MR) is 88.7 cm³/mol. The molecule has 6 heteroatoms. The molecule has 1 aromatic carbocycles. The minimum atomic E-state index is -0.103. The average Bonchev–Trinajstić information content (AvgIpc) is 3.17. The zero-order chi connectivity index (χ0) is 15.5. The highest BCUT2D eigenvalue weighted by atomic mass is 35.5. The van der Waals surface area contributed by atoms with Crippen molar-refractivity contribution in [1.29, 1.82) is 0 Å². The third kappa shape index (κ3) is 3.21. The standard InChI is InChI=1S/C16H14ClN3OS/c1-19(11-14-6-3-9-22-14)16(21)15-7-8-20(18-15)13-5-2-4-12(17)10-13/h2-10H,11H2,1H3. The van der Waals surface area contributed by atoms with Crippen LogP contribution in [0, 0.1) is 0 Å². The Bertz CT molecular complexity index is 782. The van der Waals surface area contributed by atoms with Gasteiger partial charge in [0.1, 0.15) is 0 Å². The molecule has 0 radical (unpaired) electrons. The Balaban J connectivity index is 1.76. The van der Waals surface area contributed by atoms with Gasteiger partial charge in [-0.25, -0.2) is 4.68 Å². The van der Waals surface area contributed by atoms with Crippen molar-refractivity contribution < 1.29 is 4.79 Å². The fraction of sp³-hybridized carbons (Fsp3) is 0.125. The average molecular weight is 332 g/mol. The van der Waals surface area contributed by atoms with Gasteiger partial charge in [-0.3, -0.25) is 4.79 Å². The zero-order valence-electron chi connectivity index (χ0n) is 11.9. The molecule has 0 fully saturated rings. The van der Waals surface area contributed by atoms with Gasteiger partial charge in [0.05, 0.1) is 12.2 Å². The second-order valence-electron chi connectivity index (χ2n) is 4.87. The summed E-state index contributed by atoms with van der Waals surface area (Å²) < 4.78 is 1.65. The van der Waals surface area contributed by atoms with Crippen molar-refractivity contribution >= 4 is 28.8 Å². The number of halogens is 1. The summed E-state index contributed by atoms with van der Waals surface area (Å²) in [7, 11) is 1.78. The number of hydrogen-bond donors (Lipinski definition) is 0. The maximum absolute atomic E-state index is 12.4. The van der Waals surface area contributed by atoms with Crippen LogP contribution >= 0.6 is 22.9 Å². The van der Waals surface area contributed by atoms with Crippen LogP contribution in [-0.2, 0) is 6.54 Å². The first-order valence-electron chi connectivity index (χ1n) is 6.73. The molecule has 2 heterocycles. The van der Waals surface area contributed by atoms with Gasteiger partial charge in [-0.1, -0.05) is 23.7 Å². The molecular weight excluding hydrogens is 318 g/mol. The third-order valence-electron chi connectivity index (χ3n) is 3.20. The molecule has 0 aliphatic heterocycles. The second kappa shape index (κ2) is 6.34. The number of benzene rings is 1. The number of aromatic nitrogens is 2. The van der Waals surface area contributed by atoms with Crippen molar-refractivity contribution in [1.82, 2.24) is 14.7 Å². The fourth-order valence-electron chi connectivity index (χ4n) is 2.10. The molecule has 0 spiro atoms. The van der Waals surface area contributed by atoms with Gasteiger partial charge in [-0.15, -0.1) is 11.3 Å². The van der Waals surface area contributed by atoms with Crippen molar-refractivity contribution in [2.75, 3.05) is 7.05 Å². The number of rotatable bonds is 4. The Morgan fingerprint density at radius 3 is 2.91 bits per heavy atom. The summed E-state index contributed by atoms with van der Waals surface area (Å²) in [6, 6.07) is 13.1. The Morgan fingerprint density at radius 2 is 2.18 bits per heavy atom. The van der Waals surface area contributed by atoms with Gasteiger partial charge in [0.2, 0.25) is 0 Å². The van der Waals surface area contributed by atoms with Crippen molar-refractivity contribution in [2.24, 2.45) is 0 Å². The van der Waals surface area contributed by atoms with Gasteiger partial charge >= 0.3 is 0 Å². The van der Waals surface area contributed by atoms with E-state index in [1.165, 1.54) is 0 Å². The largest absolute Gasteiger partial charge is 0.335 e. The molecule has 0 aliphatic rings. The lowest BCUT2D eigenvalue weighted by atomic mass is 10.3. The molecule has 0 atom stereocenters. The second-order valence-corrected chi connectivity index (χ2v) is 6.33. The molecule has 3 aromatic rings. The molecular formula is C16H14ClN3OS. The molecule has 0 N–H and O–H groups in total. The quantitative estimate of drug-likeness (QED) is 0.728. The predicted octanol–water partition coefficient (Wildman–Crippen LogP) is 3.86. The van der Waals surface area contributed by atoms with Crippen LogP contribution in [0.1, 0.15) is 15.4 Å². The molecule has 0 bridgehead atoms.